The van der Waals surface area contributed by atoms with Gasteiger partial charge in [-0.3, -0.25) is 19.6 Å². The number of fused-ring (bicyclic) bond motifs is 1. The Morgan fingerprint density at radius 3 is 2.73 bits per heavy atom. The number of rotatable bonds is 7. The largest absolute Gasteiger partial charge is 0.350 e. The third kappa shape index (κ3) is 4.12. The molecule has 0 aliphatic carbocycles. The van der Waals surface area contributed by atoms with Crippen LogP contribution in [-0.4, -0.2) is 57.0 Å². The van der Waals surface area contributed by atoms with Crippen molar-refractivity contribution in [1.29, 1.82) is 0 Å². The number of aryl methyl sites for hydroxylation is 1. The minimum absolute atomic E-state index is 0.0191. The monoisotopic (exact) mass is 409 g/mol. The summed E-state index contributed by atoms with van der Waals surface area (Å²) in [6, 6.07) is 10.4. The molecular weight excluding hydrogens is 378 g/mol. The average molecular weight is 410 g/mol. The van der Waals surface area contributed by atoms with E-state index in [1.54, 1.807) is 6.20 Å². The SMILES string of the molecule is CCc1ccccc1CN1CC(=O)N2[C@H](C[C@@H](C(=O)NCc3ccn[nH]3)[C@H]2CC)C1. The highest BCUT2D eigenvalue weighted by atomic mass is 16.2. The van der Waals surface area contributed by atoms with Crippen LogP contribution in [0.25, 0.3) is 0 Å². The summed E-state index contributed by atoms with van der Waals surface area (Å²) in [6.45, 7) is 6.70. The molecule has 3 atom stereocenters. The van der Waals surface area contributed by atoms with Crippen LogP contribution in [0.4, 0.5) is 0 Å². The number of H-pyrrole nitrogens is 1. The van der Waals surface area contributed by atoms with Crippen LogP contribution in [0, 0.1) is 5.92 Å². The van der Waals surface area contributed by atoms with Gasteiger partial charge in [-0.25, -0.2) is 0 Å². The molecule has 1 aromatic heterocycles. The first-order chi connectivity index (χ1) is 14.6. The van der Waals surface area contributed by atoms with Gasteiger partial charge in [-0.2, -0.15) is 5.10 Å². The fourth-order valence-electron chi connectivity index (χ4n) is 5.09. The lowest BCUT2D eigenvalue weighted by molar-refractivity contribution is -0.141. The zero-order valence-electron chi connectivity index (χ0n) is 17.8. The molecular formula is C23H31N5O2. The molecule has 2 aromatic rings. The molecule has 2 aliphatic rings. The summed E-state index contributed by atoms with van der Waals surface area (Å²) in [5, 5.41) is 9.81. The Kier molecular flexibility index (Phi) is 6.18. The van der Waals surface area contributed by atoms with Gasteiger partial charge >= 0.3 is 0 Å². The van der Waals surface area contributed by atoms with Crippen molar-refractivity contribution in [1.82, 2.24) is 25.3 Å². The third-order valence-corrected chi connectivity index (χ3v) is 6.52. The molecule has 0 unspecified atom stereocenters. The number of piperazine rings is 1. The van der Waals surface area contributed by atoms with Crippen molar-refractivity contribution in [2.24, 2.45) is 5.92 Å². The Hall–Kier alpha value is -2.67. The van der Waals surface area contributed by atoms with Gasteiger partial charge < -0.3 is 10.2 Å². The minimum Gasteiger partial charge on any atom is -0.350 e. The number of benzene rings is 1. The molecule has 0 spiro atoms. The molecule has 2 saturated heterocycles. The summed E-state index contributed by atoms with van der Waals surface area (Å²) in [5.41, 5.74) is 3.50. The van der Waals surface area contributed by atoms with E-state index in [9.17, 15) is 9.59 Å². The molecule has 0 saturated carbocycles. The molecule has 0 radical (unpaired) electrons. The van der Waals surface area contributed by atoms with E-state index in [1.807, 2.05) is 11.0 Å². The number of hydrogen-bond donors (Lipinski definition) is 2. The lowest BCUT2D eigenvalue weighted by Gasteiger charge is -2.40. The fraction of sp³-hybridized carbons (Fsp3) is 0.522. The first-order valence-electron chi connectivity index (χ1n) is 11.0. The second-order valence-electron chi connectivity index (χ2n) is 8.36. The maximum Gasteiger partial charge on any atom is 0.237 e. The van der Waals surface area contributed by atoms with Crippen molar-refractivity contribution in [2.45, 2.75) is 58.3 Å². The van der Waals surface area contributed by atoms with Crippen molar-refractivity contribution in [3.05, 3.63) is 53.3 Å². The van der Waals surface area contributed by atoms with Gasteiger partial charge in [-0.1, -0.05) is 38.1 Å². The lowest BCUT2D eigenvalue weighted by atomic mass is 9.96. The Morgan fingerprint density at radius 2 is 2.03 bits per heavy atom. The molecule has 2 amide bonds. The van der Waals surface area contributed by atoms with Crippen molar-refractivity contribution >= 4 is 11.8 Å². The van der Waals surface area contributed by atoms with Crippen LogP contribution in [0.15, 0.2) is 36.5 Å². The van der Waals surface area contributed by atoms with Crippen molar-refractivity contribution in [2.75, 3.05) is 13.1 Å². The Morgan fingerprint density at radius 1 is 1.23 bits per heavy atom. The number of nitrogens with one attached hydrogen (secondary N) is 2. The quantitative estimate of drug-likeness (QED) is 0.734. The van der Waals surface area contributed by atoms with Crippen LogP contribution < -0.4 is 5.32 Å². The van der Waals surface area contributed by atoms with Crippen molar-refractivity contribution < 1.29 is 9.59 Å². The standard InChI is InChI=1S/C23H31N5O2/c1-3-16-7-5-6-8-17(16)13-27-14-19-11-20(21(4-2)28(19)22(29)15-27)23(30)24-12-18-9-10-25-26-18/h5-10,19-21H,3-4,11-15H2,1-2H3,(H,24,30)(H,25,26)/t19-,20-,21-/m1/s1. The maximum absolute atomic E-state index is 13.1. The zero-order chi connectivity index (χ0) is 21.1. The smallest absolute Gasteiger partial charge is 0.237 e. The Labute approximate surface area is 177 Å². The Bertz CT molecular complexity index is 881. The van der Waals surface area contributed by atoms with E-state index in [4.69, 9.17) is 0 Å². The lowest BCUT2D eigenvalue weighted by Crippen LogP contribution is -2.56. The number of nitrogens with zero attached hydrogens (tertiary/aromatic N) is 3. The highest BCUT2D eigenvalue weighted by Crippen LogP contribution is 2.35. The number of amides is 2. The fourth-order valence-corrected chi connectivity index (χ4v) is 5.09. The van der Waals surface area contributed by atoms with Gasteiger partial charge in [0.15, 0.2) is 0 Å². The maximum atomic E-state index is 13.1. The molecule has 7 heteroatoms. The highest BCUT2D eigenvalue weighted by Gasteiger charge is 2.48. The number of carbonyl (C=O) groups excluding carboxylic acids is 2. The number of aromatic nitrogens is 2. The molecule has 1 aromatic carbocycles. The molecule has 2 fully saturated rings. The van der Waals surface area contributed by atoms with Gasteiger partial charge in [0.05, 0.1) is 24.7 Å². The van der Waals surface area contributed by atoms with Crippen LogP contribution in [-0.2, 0) is 29.1 Å². The second-order valence-corrected chi connectivity index (χ2v) is 8.36. The van der Waals surface area contributed by atoms with Gasteiger partial charge in [0.1, 0.15) is 0 Å². The summed E-state index contributed by atoms with van der Waals surface area (Å²) < 4.78 is 0. The summed E-state index contributed by atoms with van der Waals surface area (Å²) in [6.07, 6.45) is 4.19. The molecule has 2 aliphatic heterocycles. The van der Waals surface area contributed by atoms with Crippen LogP contribution in [0.1, 0.15) is 43.5 Å². The molecule has 4 rings (SSSR count). The molecule has 30 heavy (non-hydrogen) atoms. The van der Waals surface area contributed by atoms with E-state index >= 15 is 0 Å². The topological polar surface area (TPSA) is 81.3 Å². The number of carbonyl (C=O) groups is 2. The normalized spacial score (nSPS) is 24.1. The molecule has 0 bridgehead atoms. The molecule has 160 valence electrons. The second kappa shape index (κ2) is 9.00. The molecule has 7 nitrogen and oxygen atoms in total. The molecule has 2 N–H and O–H groups in total. The van der Waals surface area contributed by atoms with Gasteiger partial charge in [0, 0.05) is 31.4 Å². The van der Waals surface area contributed by atoms with Crippen LogP contribution >= 0.6 is 0 Å². The van der Waals surface area contributed by atoms with Gasteiger partial charge in [-0.15, -0.1) is 0 Å². The van der Waals surface area contributed by atoms with Gasteiger partial charge in [-0.05, 0) is 36.5 Å². The van der Waals surface area contributed by atoms with E-state index in [1.165, 1.54) is 11.1 Å². The van der Waals surface area contributed by atoms with Crippen LogP contribution in [0.5, 0.6) is 0 Å². The first-order valence-corrected chi connectivity index (χ1v) is 11.0. The summed E-state index contributed by atoms with van der Waals surface area (Å²) in [4.78, 5) is 30.2. The van der Waals surface area contributed by atoms with Gasteiger partial charge in [0.2, 0.25) is 11.8 Å². The van der Waals surface area contributed by atoms with E-state index in [-0.39, 0.29) is 29.8 Å². The Balaban J connectivity index is 1.43. The summed E-state index contributed by atoms with van der Waals surface area (Å²) >= 11 is 0. The van der Waals surface area contributed by atoms with Crippen LogP contribution in [0.2, 0.25) is 0 Å². The van der Waals surface area contributed by atoms with Gasteiger partial charge in [0.25, 0.3) is 0 Å². The predicted octanol–water partition coefficient (Wildman–Crippen LogP) is 2.10. The summed E-state index contributed by atoms with van der Waals surface area (Å²) in [7, 11) is 0. The third-order valence-electron chi connectivity index (χ3n) is 6.52. The predicted molar refractivity (Wildman–Crippen MR) is 114 cm³/mol. The number of hydrogen-bond acceptors (Lipinski definition) is 4. The average Bonchev–Trinajstić information content (AvgIpc) is 3.40. The van der Waals surface area contributed by atoms with E-state index in [0.29, 0.717) is 13.1 Å². The van der Waals surface area contributed by atoms with Crippen LogP contribution in [0.3, 0.4) is 0 Å². The number of aromatic amines is 1. The zero-order valence-corrected chi connectivity index (χ0v) is 17.8. The first kappa shape index (κ1) is 20.6. The van der Waals surface area contributed by atoms with Crippen molar-refractivity contribution in [3.63, 3.8) is 0 Å². The van der Waals surface area contributed by atoms with Crippen molar-refractivity contribution in [3.8, 4) is 0 Å². The highest BCUT2D eigenvalue weighted by molar-refractivity contribution is 5.84. The molecule has 3 heterocycles. The minimum atomic E-state index is -0.158. The van der Waals surface area contributed by atoms with E-state index < -0.39 is 0 Å². The van der Waals surface area contributed by atoms with E-state index in [0.717, 1.165) is 38.0 Å². The van der Waals surface area contributed by atoms with E-state index in [2.05, 4.69) is 58.5 Å². The summed E-state index contributed by atoms with van der Waals surface area (Å²) in [5.74, 6) is 0.0206.